The number of carbonyl (C=O) groups is 1. The summed E-state index contributed by atoms with van der Waals surface area (Å²) in [6.07, 6.45) is 0.194. The van der Waals surface area contributed by atoms with Crippen molar-refractivity contribution in [1.82, 2.24) is 5.32 Å². The number of methoxy groups -OCH3 is 1. The molecule has 0 aliphatic heterocycles. The van der Waals surface area contributed by atoms with Gasteiger partial charge in [0.1, 0.15) is 5.75 Å². The van der Waals surface area contributed by atoms with Gasteiger partial charge in [0.05, 0.1) is 19.6 Å². The lowest BCUT2D eigenvalue weighted by molar-refractivity contribution is -0.121. The van der Waals surface area contributed by atoms with Crippen LogP contribution in [-0.2, 0) is 11.2 Å². The number of ether oxygens (including phenoxy) is 1. The summed E-state index contributed by atoms with van der Waals surface area (Å²) in [7, 11) is 1.60. The molecule has 0 bridgehead atoms. The SMILES string of the molecule is COc1cccc(CC(=O)NC(C)CC(O)c2ccccc2)c1. The number of rotatable bonds is 7. The van der Waals surface area contributed by atoms with Gasteiger partial charge in [0, 0.05) is 6.04 Å². The Hall–Kier alpha value is -2.33. The number of nitrogens with one attached hydrogen (secondary N) is 1. The van der Waals surface area contributed by atoms with Crippen molar-refractivity contribution in [3.63, 3.8) is 0 Å². The Labute approximate surface area is 137 Å². The Morgan fingerprint density at radius 1 is 1.17 bits per heavy atom. The highest BCUT2D eigenvalue weighted by molar-refractivity contribution is 5.78. The molecule has 0 aliphatic rings. The molecule has 0 spiro atoms. The zero-order valence-electron chi connectivity index (χ0n) is 13.5. The Morgan fingerprint density at radius 2 is 1.91 bits per heavy atom. The summed E-state index contributed by atoms with van der Waals surface area (Å²) in [4.78, 5) is 12.1. The second kappa shape index (κ2) is 8.34. The first kappa shape index (κ1) is 17.0. The zero-order valence-corrected chi connectivity index (χ0v) is 13.5. The van der Waals surface area contributed by atoms with Gasteiger partial charge in [-0.15, -0.1) is 0 Å². The van der Waals surface area contributed by atoms with E-state index in [1.165, 1.54) is 0 Å². The molecule has 0 aromatic heterocycles. The quantitative estimate of drug-likeness (QED) is 0.826. The molecule has 2 unspecified atom stereocenters. The topological polar surface area (TPSA) is 58.6 Å². The number of amides is 1. The predicted molar refractivity (Wildman–Crippen MR) is 90.3 cm³/mol. The largest absolute Gasteiger partial charge is 0.497 e. The van der Waals surface area contributed by atoms with E-state index in [2.05, 4.69) is 5.32 Å². The zero-order chi connectivity index (χ0) is 16.7. The van der Waals surface area contributed by atoms with Crippen molar-refractivity contribution in [2.45, 2.75) is 31.9 Å². The van der Waals surface area contributed by atoms with Gasteiger partial charge in [0.25, 0.3) is 0 Å². The molecule has 0 fully saturated rings. The van der Waals surface area contributed by atoms with Crippen molar-refractivity contribution >= 4 is 5.91 Å². The maximum absolute atomic E-state index is 12.1. The molecule has 0 saturated heterocycles. The molecule has 2 N–H and O–H groups in total. The predicted octanol–water partition coefficient (Wildman–Crippen LogP) is 2.87. The van der Waals surface area contributed by atoms with E-state index in [4.69, 9.17) is 4.74 Å². The number of hydrogen-bond donors (Lipinski definition) is 2. The van der Waals surface area contributed by atoms with E-state index in [1.807, 2.05) is 61.5 Å². The molecule has 0 heterocycles. The average molecular weight is 313 g/mol. The third-order valence-electron chi connectivity index (χ3n) is 3.67. The van der Waals surface area contributed by atoms with Crippen LogP contribution in [0.5, 0.6) is 5.75 Å². The Bertz CT molecular complexity index is 628. The summed E-state index contributed by atoms with van der Waals surface area (Å²) in [6.45, 7) is 1.90. The van der Waals surface area contributed by atoms with Crippen LogP contribution in [0.3, 0.4) is 0 Å². The third kappa shape index (κ3) is 5.42. The first-order chi connectivity index (χ1) is 11.1. The molecule has 1 amide bonds. The van der Waals surface area contributed by atoms with Crippen LogP contribution in [0.15, 0.2) is 54.6 Å². The van der Waals surface area contributed by atoms with Crippen molar-refractivity contribution in [3.05, 3.63) is 65.7 Å². The van der Waals surface area contributed by atoms with Crippen molar-refractivity contribution in [2.75, 3.05) is 7.11 Å². The number of aliphatic hydroxyl groups is 1. The molecule has 0 aliphatic carbocycles. The highest BCUT2D eigenvalue weighted by Crippen LogP contribution is 2.18. The number of carbonyl (C=O) groups excluding carboxylic acids is 1. The third-order valence-corrected chi connectivity index (χ3v) is 3.67. The van der Waals surface area contributed by atoms with E-state index in [0.717, 1.165) is 16.9 Å². The molecule has 2 atom stereocenters. The van der Waals surface area contributed by atoms with Crippen LogP contribution >= 0.6 is 0 Å². The van der Waals surface area contributed by atoms with Gasteiger partial charge in [0.15, 0.2) is 0 Å². The molecule has 2 rings (SSSR count). The van der Waals surface area contributed by atoms with Gasteiger partial charge in [-0.2, -0.15) is 0 Å². The summed E-state index contributed by atoms with van der Waals surface area (Å²) in [5.74, 6) is 0.675. The lowest BCUT2D eigenvalue weighted by Gasteiger charge is -2.18. The van der Waals surface area contributed by atoms with Gasteiger partial charge in [-0.05, 0) is 36.6 Å². The van der Waals surface area contributed by atoms with E-state index in [-0.39, 0.29) is 11.9 Å². The highest BCUT2D eigenvalue weighted by atomic mass is 16.5. The first-order valence-corrected chi connectivity index (χ1v) is 7.74. The summed E-state index contributed by atoms with van der Waals surface area (Å²) in [5, 5.41) is 13.1. The minimum atomic E-state index is -0.580. The fourth-order valence-electron chi connectivity index (χ4n) is 2.50. The smallest absolute Gasteiger partial charge is 0.224 e. The van der Waals surface area contributed by atoms with Crippen LogP contribution in [0.4, 0.5) is 0 Å². The second-order valence-electron chi connectivity index (χ2n) is 5.66. The van der Waals surface area contributed by atoms with E-state index in [0.29, 0.717) is 12.8 Å². The van der Waals surface area contributed by atoms with Crippen molar-refractivity contribution in [2.24, 2.45) is 0 Å². The maximum atomic E-state index is 12.1. The summed E-state index contributed by atoms with van der Waals surface area (Å²) in [5.41, 5.74) is 1.76. The van der Waals surface area contributed by atoms with Gasteiger partial charge < -0.3 is 15.2 Å². The van der Waals surface area contributed by atoms with Gasteiger partial charge in [0.2, 0.25) is 5.91 Å². The number of benzene rings is 2. The molecule has 122 valence electrons. The molecule has 4 heteroatoms. The van der Waals surface area contributed by atoms with Crippen LogP contribution < -0.4 is 10.1 Å². The fourth-order valence-corrected chi connectivity index (χ4v) is 2.50. The van der Waals surface area contributed by atoms with E-state index in [9.17, 15) is 9.90 Å². The van der Waals surface area contributed by atoms with E-state index >= 15 is 0 Å². The van der Waals surface area contributed by atoms with Crippen LogP contribution in [0.25, 0.3) is 0 Å². The van der Waals surface area contributed by atoms with E-state index < -0.39 is 6.10 Å². The minimum Gasteiger partial charge on any atom is -0.497 e. The average Bonchev–Trinajstić information content (AvgIpc) is 2.55. The van der Waals surface area contributed by atoms with E-state index in [1.54, 1.807) is 7.11 Å². The molecule has 4 nitrogen and oxygen atoms in total. The Balaban J connectivity index is 1.84. The number of aliphatic hydroxyl groups excluding tert-OH is 1. The Morgan fingerprint density at radius 3 is 2.61 bits per heavy atom. The molecule has 0 radical (unpaired) electrons. The number of hydrogen-bond acceptors (Lipinski definition) is 3. The Kier molecular flexibility index (Phi) is 6.18. The minimum absolute atomic E-state index is 0.0639. The van der Waals surface area contributed by atoms with Crippen molar-refractivity contribution in [1.29, 1.82) is 0 Å². The van der Waals surface area contributed by atoms with Crippen molar-refractivity contribution < 1.29 is 14.6 Å². The molecule has 23 heavy (non-hydrogen) atoms. The van der Waals surface area contributed by atoms with Crippen molar-refractivity contribution in [3.8, 4) is 5.75 Å². The summed E-state index contributed by atoms with van der Waals surface area (Å²) in [6, 6.07) is 16.8. The van der Waals surface area contributed by atoms with Crippen LogP contribution in [-0.4, -0.2) is 24.2 Å². The molecule has 0 saturated carbocycles. The molecular weight excluding hydrogens is 290 g/mol. The van der Waals surface area contributed by atoms with Gasteiger partial charge in [-0.3, -0.25) is 4.79 Å². The first-order valence-electron chi connectivity index (χ1n) is 7.74. The molecule has 2 aromatic carbocycles. The fraction of sp³-hybridized carbons (Fsp3) is 0.316. The van der Waals surface area contributed by atoms with Gasteiger partial charge in [-0.1, -0.05) is 42.5 Å². The summed E-state index contributed by atoms with van der Waals surface area (Å²) >= 11 is 0. The summed E-state index contributed by atoms with van der Waals surface area (Å²) < 4.78 is 5.15. The molecular formula is C19H23NO3. The lowest BCUT2D eigenvalue weighted by atomic mass is 10.0. The second-order valence-corrected chi connectivity index (χ2v) is 5.66. The monoisotopic (exact) mass is 313 g/mol. The maximum Gasteiger partial charge on any atom is 0.224 e. The van der Waals surface area contributed by atoms with Crippen LogP contribution in [0, 0.1) is 0 Å². The van der Waals surface area contributed by atoms with Crippen LogP contribution in [0.1, 0.15) is 30.6 Å². The van der Waals surface area contributed by atoms with Gasteiger partial charge >= 0.3 is 0 Å². The highest BCUT2D eigenvalue weighted by Gasteiger charge is 2.14. The standard InChI is InChI=1S/C19H23NO3/c1-14(11-18(21)16-8-4-3-5-9-16)20-19(22)13-15-7-6-10-17(12-15)23-2/h3-10,12,14,18,21H,11,13H2,1-2H3,(H,20,22). The lowest BCUT2D eigenvalue weighted by Crippen LogP contribution is -2.34. The normalized spacial score (nSPS) is 13.2. The van der Waals surface area contributed by atoms with Crippen LogP contribution in [0.2, 0.25) is 0 Å². The molecule has 2 aromatic rings. The van der Waals surface area contributed by atoms with Gasteiger partial charge in [-0.25, -0.2) is 0 Å².